The number of benzene rings is 2. The predicted octanol–water partition coefficient (Wildman–Crippen LogP) is 3.16. The van der Waals surface area contributed by atoms with Gasteiger partial charge in [0.25, 0.3) is 0 Å². The van der Waals surface area contributed by atoms with Crippen LogP contribution in [0.25, 0.3) is 0 Å². The molecule has 0 bridgehead atoms. The summed E-state index contributed by atoms with van der Waals surface area (Å²) < 4.78 is 10.8. The van der Waals surface area contributed by atoms with E-state index < -0.39 is 0 Å². The molecule has 4 heteroatoms. The van der Waals surface area contributed by atoms with E-state index in [1.54, 1.807) is 7.11 Å². The van der Waals surface area contributed by atoms with Gasteiger partial charge < -0.3 is 20.5 Å². The summed E-state index contributed by atoms with van der Waals surface area (Å²) in [4.78, 5) is 0. The van der Waals surface area contributed by atoms with Crippen molar-refractivity contribution in [3.8, 4) is 11.5 Å². The van der Waals surface area contributed by atoms with Gasteiger partial charge in [0, 0.05) is 6.54 Å². The molecule has 0 unspecified atom stereocenters. The number of methoxy groups -OCH3 is 1. The summed E-state index contributed by atoms with van der Waals surface area (Å²) in [5.74, 6) is 1.59. The number of para-hydroxylation sites is 2. The van der Waals surface area contributed by atoms with Gasteiger partial charge in [-0.2, -0.15) is 0 Å². The zero-order valence-corrected chi connectivity index (χ0v) is 11.6. The first-order chi connectivity index (χ1) is 9.81. The largest absolute Gasteiger partial charge is 0.495 e. The average Bonchev–Trinajstić information content (AvgIpc) is 2.49. The minimum atomic E-state index is 0.638. The topological polar surface area (TPSA) is 56.5 Å². The molecule has 0 spiro atoms. The number of nitrogens with one attached hydrogen (secondary N) is 1. The number of hydrogen-bond acceptors (Lipinski definition) is 4. The van der Waals surface area contributed by atoms with Crippen LogP contribution >= 0.6 is 0 Å². The average molecular weight is 272 g/mol. The van der Waals surface area contributed by atoms with Crippen molar-refractivity contribution in [3.63, 3.8) is 0 Å². The van der Waals surface area contributed by atoms with Crippen molar-refractivity contribution in [2.45, 2.75) is 6.42 Å². The Labute approximate surface area is 119 Å². The lowest BCUT2D eigenvalue weighted by Gasteiger charge is -2.12. The standard InChI is InChI=1S/C16H20N2O2/c1-19-15-10-5-9-14(16(15)17)18-11-6-12-20-13-7-3-2-4-8-13/h2-5,7-10,18H,6,11-12,17H2,1H3. The molecule has 3 N–H and O–H groups in total. The minimum Gasteiger partial charge on any atom is -0.495 e. The number of rotatable bonds is 7. The number of nitrogen functional groups attached to an aromatic ring is 1. The first-order valence-electron chi connectivity index (χ1n) is 6.65. The van der Waals surface area contributed by atoms with Crippen LogP contribution in [0.3, 0.4) is 0 Å². The van der Waals surface area contributed by atoms with E-state index in [0.29, 0.717) is 18.0 Å². The molecule has 0 atom stereocenters. The van der Waals surface area contributed by atoms with E-state index in [1.807, 2.05) is 48.5 Å². The maximum atomic E-state index is 5.98. The number of anilines is 2. The van der Waals surface area contributed by atoms with Crippen LogP contribution in [-0.4, -0.2) is 20.3 Å². The van der Waals surface area contributed by atoms with E-state index in [1.165, 1.54) is 0 Å². The Morgan fingerprint density at radius 2 is 1.85 bits per heavy atom. The number of ether oxygens (including phenoxy) is 2. The molecule has 2 aromatic rings. The lowest BCUT2D eigenvalue weighted by atomic mass is 10.2. The predicted molar refractivity (Wildman–Crippen MR) is 82.5 cm³/mol. The number of hydrogen-bond donors (Lipinski definition) is 2. The number of nitrogens with two attached hydrogens (primary N) is 1. The third-order valence-corrected chi connectivity index (χ3v) is 2.93. The fraction of sp³-hybridized carbons (Fsp3) is 0.250. The Morgan fingerprint density at radius 1 is 1.05 bits per heavy atom. The van der Waals surface area contributed by atoms with E-state index in [9.17, 15) is 0 Å². The van der Waals surface area contributed by atoms with Crippen molar-refractivity contribution in [3.05, 3.63) is 48.5 Å². The Kier molecular flexibility index (Phi) is 5.12. The van der Waals surface area contributed by atoms with Gasteiger partial charge in [0.05, 0.1) is 25.1 Å². The van der Waals surface area contributed by atoms with Crippen molar-refractivity contribution in [1.29, 1.82) is 0 Å². The van der Waals surface area contributed by atoms with Crippen LogP contribution in [-0.2, 0) is 0 Å². The fourth-order valence-electron chi connectivity index (χ4n) is 1.88. The molecule has 0 radical (unpaired) electrons. The summed E-state index contributed by atoms with van der Waals surface area (Å²) in [5.41, 5.74) is 7.51. The van der Waals surface area contributed by atoms with Crippen LogP contribution < -0.4 is 20.5 Å². The van der Waals surface area contributed by atoms with Gasteiger partial charge in [-0.25, -0.2) is 0 Å². The van der Waals surface area contributed by atoms with Crippen LogP contribution in [0.5, 0.6) is 11.5 Å². The summed E-state index contributed by atoms with van der Waals surface area (Å²) in [6, 6.07) is 15.5. The first kappa shape index (κ1) is 14.1. The second kappa shape index (κ2) is 7.28. The lowest BCUT2D eigenvalue weighted by molar-refractivity contribution is 0.315. The van der Waals surface area contributed by atoms with Gasteiger partial charge in [-0.15, -0.1) is 0 Å². The maximum Gasteiger partial charge on any atom is 0.143 e. The Bertz CT molecular complexity index is 529. The smallest absolute Gasteiger partial charge is 0.143 e. The fourth-order valence-corrected chi connectivity index (χ4v) is 1.88. The molecule has 4 nitrogen and oxygen atoms in total. The normalized spacial score (nSPS) is 10.1. The molecule has 106 valence electrons. The quantitative estimate of drug-likeness (QED) is 0.600. The maximum absolute atomic E-state index is 5.98. The second-order valence-corrected chi connectivity index (χ2v) is 4.36. The Hall–Kier alpha value is -2.36. The van der Waals surface area contributed by atoms with E-state index in [0.717, 1.165) is 24.4 Å². The summed E-state index contributed by atoms with van der Waals surface area (Å²) in [6.07, 6.45) is 0.894. The van der Waals surface area contributed by atoms with Gasteiger partial charge in [0.1, 0.15) is 11.5 Å². The molecule has 0 aliphatic carbocycles. The van der Waals surface area contributed by atoms with E-state index in [2.05, 4.69) is 5.32 Å². The van der Waals surface area contributed by atoms with Crippen molar-refractivity contribution >= 4 is 11.4 Å². The summed E-state index contributed by atoms with van der Waals surface area (Å²) in [6.45, 7) is 1.46. The van der Waals surface area contributed by atoms with Crippen LogP contribution in [0.4, 0.5) is 11.4 Å². The van der Waals surface area contributed by atoms with Gasteiger partial charge in [-0.3, -0.25) is 0 Å². The molecule has 20 heavy (non-hydrogen) atoms. The molecule has 0 amide bonds. The van der Waals surface area contributed by atoms with Gasteiger partial charge in [-0.05, 0) is 30.7 Å². The van der Waals surface area contributed by atoms with Gasteiger partial charge in [0.2, 0.25) is 0 Å². The van der Waals surface area contributed by atoms with Gasteiger partial charge in [0.15, 0.2) is 0 Å². The highest BCUT2D eigenvalue weighted by molar-refractivity contribution is 5.72. The molecular weight excluding hydrogens is 252 g/mol. The van der Waals surface area contributed by atoms with Crippen molar-refractivity contribution in [1.82, 2.24) is 0 Å². The summed E-state index contributed by atoms with van der Waals surface area (Å²) >= 11 is 0. The summed E-state index contributed by atoms with van der Waals surface area (Å²) in [7, 11) is 1.61. The molecular formula is C16H20N2O2. The van der Waals surface area contributed by atoms with Crippen LogP contribution in [0.2, 0.25) is 0 Å². The first-order valence-corrected chi connectivity index (χ1v) is 6.65. The minimum absolute atomic E-state index is 0.638. The molecule has 0 fully saturated rings. The van der Waals surface area contributed by atoms with Crippen molar-refractivity contribution in [2.75, 3.05) is 31.3 Å². The van der Waals surface area contributed by atoms with Crippen LogP contribution in [0, 0.1) is 0 Å². The molecule has 0 saturated heterocycles. The highest BCUT2D eigenvalue weighted by Crippen LogP contribution is 2.28. The third kappa shape index (κ3) is 3.82. The summed E-state index contributed by atoms with van der Waals surface area (Å²) in [5, 5.41) is 3.29. The van der Waals surface area contributed by atoms with Gasteiger partial charge in [-0.1, -0.05) is 24.3 Å². The molecule has 0 aromatic heterocycles. The zero-order chi connectivity index (χ0) is 14.2. The molecule has 2 rings (SSSR count). The lowest BCUT2D eigenvalue weighted by Crippen LogP contribution is -2.09. The van der Waals surface area contributed by atoms with Crippen molar-refractivity contribution < 1.29 is 9.47 Å². The second-order valence-electron chi connectivity index (χ2n) is 4.36. The van der Waals surface area contributed by atoms with Crippen LogP contribution in [0.15, 0.2) is 48.5 Å². The third-order valence-electron chi connectivity index (χ3n) is 2.93. The molecule has 2 aromatic carbocycles. The molecule has 0 heterocycles. The molecule has 0 aliphatic heterocycles. The van der Waals surface area contributed by atoms with Crippen LogP contribution in [0.1, 0.15) is 6.42 Å². The van der Waals surface area contributed by atoms with E-state index >= 15 is 0 Å². The van der Waals surface area contributed by atoms with E-state index in [-0.39, 0.29) is 0 Å². The Balaban J connectivity index is 1.74. The SMILES string of the molecule is COc1cccc(NCCCOc2ccccc2)c1N. The van der Waals surface area contributed by atoms with E-state index in [4.69, 9.17) is 15.2 Å². The van der Waals surface area contributed by atoms with Crippen molar-refractivity contribution in [2.24, 2.45) is 0 Å². The molecule has 0 aliphatic rings. The van der Waals surface area contributed by atoms with Gasteiger partial charge >= 0.3 is 0 Å². The molecule has 0 saturated carbocycles. The monoisotopic (exact) mass is 272 g/mol. The zero-order valence-electron chi connectivity index (χ0n) is 11.6. The Morgan fingerprint density at radius 3 is 2.60 bits per heavy atom. The highest BCUT2D eigenvalue weighted by Gasteiger charge is 2.03. The highest BCUT2D eigenvalue weighted by atomic mass is 16.5.